The molecule has 19 heavy (non-hydrogen) atoms. The number of carbonyl (C=O) groups is 1. The Kier molecular flexibility index (Phi) is 6.27. The number of ether oxygens (including phenoxy) is 1. The first-order valence-electron chi connectivity index (χ1n) is 5.65. The average Bonchev–Trinajstić information content (AvgIpc) is 2.32. The van der Waals surface area contributed by atoms with Crippen molar-refractivity contribution >= 4 is 34.0 Å². The second-order valence-electron chi connectivity index (χ2n) is 4.10. The number of hydrogen-bond donors (Lipinski definition) is 2. The quantitative estimate of drug-likeness (QED) is 0.773. The van der Waals surface area contributed by atoms with Crippen LogP contribution in [-0.2, 0) is 20.3 Å². The van der Waals surface area contributed by atoms with E-state index in [1.54, 1.807) is 26.2 Å². The van der Waals surface area contributed by atoms with Crippen LogP contribution in [0.15, 0.2) is 23.1 Å². The molecule has 2 unspecified atom stereocenters. The maximum Gasteiger partial charge on any atom is 0.233 e. The molecule has 1 aromatic carbocycles. The molecule has 0 aliphatic rings. The third-order valence-corrected chi connectivity index (χ3v) is 3.91. The Morgan fingerprint density at radius 2 is 2.26 bits per heavy atom. The zero-order chi connectivity index (χ0) is 14.4. The van der Waals surface area contributed by atoms with Crippen molar-refractivity contribution < 1.29 is 13.7 Å². The van der Waals surface area contributed by atoms with E-state index in [4.69, 9.17) is 22.1 Å². The topological polar surface area (TPSA) is 81.4 Å². The standard InChI is InChI=1S/C12H17ClN2O3S/c1-8(6-18-2)15-12(16)7-19(17)11-5-9(13)3-4-10(11)14/h3-5,8H,6-7,14H2,1-2H3,(H,15,16). The summed E-state index contributed by atoms with van der Waals surface area (Å²) in [6.07, 6.45) is 0. The highest BCUT2D eigenvalue weighted by Gasteiger charge is 2.15. The molecule has 3 N–H and O–H groups in total. The summed E-state index contributed by atoms with van der Waals surface area (Å²) in [4.78, 5) is 12.1. The Labute approximate surface area is 119 Å². The lowest BCUT2D eigenvalue weighted by Crippen LogP contribution is -2.38. The summed E-state index contributed by atoms with van der Waals surface area (Å²) in [5.41, 5.74) is 6.07. The molecule has 1 aromatic rings. The van der Waals surface area contributed by atoms with E-state index in [0.29, 0.717) is 22.2 Å². The van der Waals surface area contributed by atoms with E-state index in [9.17, 15) is 9.00 Å². The number of amides is 1. The zero-order valence-electron chi connectivity index (χ0n) is 10.8. The summed E-state index contributed by atoms with van der Waals surface area (Å²) in [6.45, 7) is 2.20. The maximum absolute atomic E-state index is 12.0. The van der Waals surface area contributed by atoms with Crippen LogP contribution in [0.5, 0.6) is 0 Å². The third kappa shape index (κ3) is 5.18. The predicted molar refractivity (Wildman–Crippen MR) is 76.6 cm³/mol. The number of nitrogen functional groups attached to an aromatic ring is 1. The number of halogens is 1. The number of carbonyl (C=O) groups excluding carboxylic acids is 1. The molecule has 0 aliphatic carbocycles. The lowest BCUT2D eigenvalue weighted by molar-refractivity contribution is -0.119. The second kappa shape index (κ2) is 7.47. The number of methoxy groups -OCH3 is 1. The van der Waals surface area contributed by atoms with E-state index >= 15 is 0 Å². The van der Waals surface area contributed by atoms with Crippen molar-refractivity contribution in [2.75, 3.05) is 25.2 Å². The number of benzene rings is 1. The second-order valence-corrected chi connectivity index (χ2v) is 5.95. The number of nitrogens with two attached hydrogens (primary N) is 1. The summed E-state index contributed by atoms with van der Waals surface area (Å²) in [7, 11) is 0.0311. The Balaban J connectivity index is 2.64. The van der Waals surface area contributed by atoms with Crippen LogP contribution in [-0.4, -0.2) is 35.6 Å². The molecular formula is C12H17ClN2O3S. The Hall–Kier alpha value is -1.11. The van der Waals surface area contributed by atoms with Gasteiger partial charge in [-0.05, 0) is 25.1 Å². The van der Waals surface area contributed by atoms with Crippen molar-refractivity contribution in [1.82, 2.24) is 5.32 Å². The van der Waals surface area contributed by atoms with Gasteiger partial charge in [0, 0.05) is 23.9 Å². The minimum atomic E-state index is -1.52. The fraction of sp³-hybridized carbons (Fsp3) is 0.417. The predicted octanol–water partition coefficient (Wildman–Crippen LogP) is 1.18. The molecule has 1 rings (SSSR count). The lowest BCUT2D eigenvalue weighted by Gasteiger charge is -2.13. The molecule has 0 aromatic heterocycles. The molecule has 5 nitrogen and oxygen atoms in total. The molecule has 0 spiro atoms. The number of anilines is 1. The molecular weight excluding hydrogens is 288 g/mol. The van der Waals surface area contributed by atoms with E-state index in [2.05, 4.69) is 5.32 Å². The zero-order valence-corrected chi connectivity index (χ0v) is 12.4. The highest BCUT2D eigenvalue weighted by Crippen LogP contribution is 2.21. The van der Waals surface area contributed by atoms with Crippen LogP contribution in [0, 0.1) is 0 Å². The van der Waals surface area contributed by atoms with Gasteiger partial charge in [-0.2, -0.15) is 0 Å². The van der Waals surface area contributed by atoms with Gasteiger partial charge in [-0.1, -0.05) is 11.6 Å². The van der Waals surface area contributed by atoms with E-state index in [0.717, 1.165) is 0 Å². The summed E-state index contributed by atoms with van der Waals surface area (Å²) in [5.74, 6) is -0.472. The fourth-order valence-electron chi connectivity index (χ4n) is 1.51. The van der Waals surface area contributed by atoms with Gasteiger partial charge >= 0.3 is 0 Å². The van der Waals surface area contributed by atoms with E-state index in [-0.39, 0.29) is 17.7 Å². The SMILES string of the molecule is COCC(C)NC(=O)CS(=O)c1cc(Cl)ccc1N. The lowest BCUT2D eigenvalue weighted by atomic mass is 10.3. The van der Waals surface area contributed by atoms with Crippen LogP contribution >= 0.6 is 11.6 Å². The van der Waals surface area contributed by atoms with Gasteiger partial charge in [-0.15, -0.1) is 0 Å². The normalized spacial score (nSPS) is 13.8. The molecule has 0 radical (unpaired) electrons. The summed E-state index contributed by atoms with van der Waals surface area (Å²) < 4.78 is 16.9. The van der Waals surface area contributed by atoms with Gasteiger partial charge in [0.25, 0.3) is 0 Å². The molecule has 0 heterocycles. The molecule has 0 fully saturated rings. The Bertz CT molecular complexity index is 482. The van der Waals surface area contributed by atoms with Crippen LogP contribution in [0.25, 0.3) is 0 Å². The van der Waals surface area contributed by atoms with Crippen molar-refractivity contribution in [3.8, 4) is 0 Å². The fourth-order valence-corrected chi connectivity index (χ4v) is 2.81. The van der Waals surface area contributed by atoms with Crippen molar-refractivity contribution in [2.24, 2.45) is 0 Å². The first kappa shape index (κ1) is 15.9. The van der Waals surface area contributed by atoms with Crippen LogP contribution in [0.1, 0.15) is 6.92 Å². The van der Waals surface area contributed by atoms with Gasteiger partial charge in [0.1, 0.15) is 5.75 Å². The van der Waals surface area contributed by atoms with E-state index < -0.39 is 10.8 Å². The molecule has 106 valence electrons. The number of rotatable bonds is 6. The van der Waals surface area contributed by atoms with E-state index in [1.807, 2.05) is 0 Å². The first-order chi connectivity index (χ1) is 8.93. The first-order valence-corrected chi connectivity index (χ1v) is 7.35. The van der Waals surface area contributed by atoms with Gasteiger partial charge in [0.05, 0.1) is 22.3 Å². The third-order valence-electron chi connectivity index (χ3n) is 2.31. The van der Waals surface area contributed by atoms with Gasteiger partial charge in [-0.25, -0.2) is 0 Å². The number of nitrogens with one attached hydrogen (secondary N) is 1. The maximum atomic E-state index is 12.0. The van der Waals surface area contributed by atoms with Crippen LogP contribution in [0.4, 0.5) is 5.69 Å². The molecule has 1 amide bonds. The summed E-state index contributed by atoms with van der Waals surface area (Å²) in [5, 5.41) is 3.12. The summed E-state index contributed by atoms with van der Waals surface area (Å²) in [6, 6.07) is 4.56. The largest absolute Gasteiger partial charge is 0.398 e. The van der Waals surface area contributed by atoms with Crippen molar-refractivity contribution in [3.05, 3.63) is 23.2 Å². The average molecular weight is 305 g/mol. The molecule has 0 saturated carbocycles. The Morgan fingerprint density at radius 3 is 2.89 bits per heavy atom. The highest BCUT2D eigenvalue weighted by atomic mass is 35.5. The molecule has 7 heteroatoms. The minimum absolute atomic E-state index is 0.133. The molecule has 0 saturated heterocycles. The summed E-state index contributed by atoms with van der Waals surface area (Å²) >= 11 is 5.82. The van der Waals surface area contributed by atoms with Crippen molar-refractivity contribution in [1.29, 1.82) is 0 Å². The smallest absolute Gasteiger partial charge is 0.233 e. The van der Waals surface area contributed by atoms with Gasteiger partial charge < -0.3 is 15.8 Å². The van der Waals surface area contributed by atoms with Crippen LogP contribution < -0.4 is 11.1 Å². The van der Waals surface area contributed by atoms with Crippen molar-refractivity contribution in [2.45, 2.75) is 17.9 Å². The highest BCUT2D eigenvalue weighted by molar-refractivity contribution is 7.86. The Morgan fingerprint density at radius 1 is 1.58 bits per heavy atom. The minimum Gasteiger partial charge on any atom is -0.398 e. The molecule has 0 bridgehead atoms. The number of hydrogen-bond acceptors (Lipinski definition) is 4. The van der Waals surface area contributed by atoms with Crippen molar-refractivity contribution in [3.63, 3.8) is 0 Å². The van der Waals surface area contributed by atoms with Crippen LogP contribution in [0.2, 0.25) is 5.02 Å². The molecule has 2 atom stereocenters. The van der Waals surface area contributed by atoms with Gasteiger partial charge in [0.15, 0.2) is 0 Å². The van der Waals surface area contributed by atoms with Crippen LogP contribution in [0.3, 0.4) is 0 Å². The van der Waals surface area contributed by atoms with Gasteiger partial charge in [-0.3, -0.25) is 9.00 Å². The molecule has 0 aliphatic heterocycles. The van der Waals surface area contributed by atoms with Gasteiger partial charge in [0.2, 0.25) is 5.91 Å². The monoisotopic (exact) mass is 304 g/mol. The van der Waals surface area contributed by atoms with E-state index in [1.165, 1.54) is 6.07 Å².